The van der Waals surface area contributed by atoms with Crippen molar-refractivity contribution < 1.29 is 18.7 Å². The van der Waals surface area contributed by atoms with Crippen LogP contribution in [0, 0.1) is 19.7 Å². The van der Waals surface area contributed by atoms with Gasteiger partial charge in [0.25, 0.3) is 0 Å². The van der Waals surface area contributed by atoms with E-state index in [2.05, 4.69) is 20.6 Å². The van der Waals surface area contributed by atoms with Gasteiger partial charge in [0.15, 0.2) is 5.96 Å². The minimum atomic E-state index is -1.12. The average molecular weight is 441 g/mol. The maximum absolute atomic E-state index is 13.3. The molecule has 3 rings (SSSR count). The number of aryl methyl sites for hydroxylation is 2. The second kappa shape index (κ2) is 10.3. The van der Waals surface area contributed by atoms with Gasteiger partial charge in [-0.05, 0) is 51.5 Å². The first-order chi connectivity index (χ1) is 15.3. The van der Waals surface area contributed by atoms with Crippen molar-refractivity contribution in [2.45, 2.75) is 39.8 Å². The molecule has 0 saturated heterocycles. The molecule has 3 N–H and O–H groups in total. The zero-order valence-electron chi connectivity index (χ0n) is 18.8. The third-order valence-corrected chi connectivity index (χ3v) is 4.80. The van der Waals surface area contributed by atoms with Crippen LogP contribution in [-0.4, -0.2) is 29.1 Å². The SMILES string of the molecule is CCNC(=NCc1ccc(Oc2cccc(F)c2)nc1)NCC(C)(O)c1cc(C)oc1C. The van der Waals surface area contributed by atoms with Gasteiger partial charge in [0.1, 0.15) is 28.7 Å². The molecule has 0 aliphatic rings. The lowest BCUT2D eigenvalue weighted by atomic mass is 9.96. The normalized spacial score (nSPS) is 13.5. The number of benzene rings is 1. The molecule has 3 aromatic rings. The maximum Gasteiger partial charge on any atom is 0.219 e. The summed E-state index contributed by atoms with van der Waals surface area (Å²) < 4.78 is 24.4. The summed E-state index contributed by atoms with van der Waals surface area (Å²) in [6.07, 6.45) is 1.66. The van der Waals surface area contributed by atoms with Crippen LogP contribution in [0.1, 0.15) is 36.5 Å². The van der Waals surface area contributed by atoms with Crippen LogP contribution in [-0.2, 0) is 12.1 Å². The number of hydrogen-bond acceptors (Lipinski definition) is 5. The molecule has 0 spiro atoms. The molecule has 1 unspecified atom stereocenters. The van der Waals surface area contributed by atoms with E-state index in [9.17, 15) is 9.50 Å². The van der Waals surface area contributed by atoms with Crippen LogP contribution in [0.2, 0.25) is 0 Å². The Labute approximate surface area is 187 Å². The summed E-state index contributed by atoms with van der Waals surface area (Å²) >= 11 is 0. The Morgan fingerprint density at radius 1 is 1.22 bits per heavy atom. The molecule has 1 aromatic carbocycles. The van der Waals surface area contributed by atoms with E-state index >= 15 is 0 Å². The maximum atomic E-state index is 13.3. The molecular weight excluding hydrogens is 411 g/mol. The van der Waals surface area contributed by atoms with E-state index < -0.39 is 5.60 Å². The molecule has 32 heavy (non-hydrogen) atoms. The average Bonchev–Trinajstić information content (AvgIpc) is 3.10. The topological polar surface area (TPSA) is 91.9 Å². The van der Waals surface area contributed by atoms with Gasteiger partial charge in [-0.1, -0.05) is 12.1 Å². The van der Waals surface area contributed by atoms with Gasteiger partial charge in [-0.15, -0.1) is 0 Å². The first-order valence-electron chi connectivity index (χ1n) is 10.5. The van der Waals surface area contributed by atoms with Gasteiger partial charge in [0.2, 0.25) is 5.88 Å². The van der Waals surface area contributed by atoms with Crippen LogP contribution in [0.15, 0.2) is 58.1 Å². The summed E-state index contributed by atoms with van der Waals surface area (Å²) in [6.45, 7) is 8.72. The molecule has 0 bridgehead atoms. The van der Waals surface area contributed by atoms with Gasteiger partial charge in [0, 0.05) is 30.4 Å². The van der Waals surface area contributed by atoms with Gasteiger partial charge in [-0.2, -0.15) is 0 Å². The highest BCUT2D eigenvalue weighted by molar-refractivity contribution is 5.79. The van der Waals surface area contributed by atoms with Crippen molar-refractivity contribution in [1.82, 2.24) is 15.6 Å². The fourth-order valence-electron chi connectivity index (χ4n) is 3.24. The van der Waals surface area contributed by atoms with E-state index in [4.69, 9.17) is 9.15 Å². The lowest BCUT2D eigenvalue weighted by Crippen LogP contribution is -2.44. The van der Waals surface area contributed by atoms with Crippen LogP contribution in [0.3, 0.4) is 0 Å². The molecule has 0 radical (unpaired) electrons. The third kappa shape index (κ3) is 6.31. The molecule has 2 aromatic heterocycles. The number of aromatic nitrogens is 1. The Morgan fingerprint density at radius 3 is 2.66 bits per heavy atom. The summed E-state index contributed by atoms with van der Waals surface area (Å²) in [4.78, 5) is 8.82. The molecule has 0 aliphatic carbocycles. The van der Waals surface area contributed by atoms with E-state index in [1.165, 1.54) is 12.1 Å². The fraction of sp³-hybridized carbons (Fsp3) is 0.333. The van der Waals surface area contributed by atoms with Gasteiger partial charge in [-0.3, -0.25) is 0 Å². The van der Waals surface area contributed by atoms with Gasteiger partial charge < -0.3 is 24.9 Å². The predicted octanol–water partition coefficient (Wildman–Crippen LogP) is 4.19. The number of hydrogen-bond donors (Lipinski definition) is 3. The van der Waals surface area contributed by atoms with Crippen molar-refractivity contribution in [3.05, 3.63) is 77.1 Å². The van der Waals surface area contributed by atoms with Crippen LogP contribution in [0.4, 0.5) is 4.39 Å². The summed E-state index contributed by atoms with van der Waals surface area (Å²) in [5.74, 6) is 2.42. The van der Waals surface area contributed by atoms with Crippen molar-refractivity contribution in [3.8, 4) is 11.6 Å². The highest BCUT2D eigenvalue weighted by atomic mass is 19.1. The molecule has 1 atom stereocenters. The Morgan fingerprint density at radius 2 is 2.03 bits per heavy atom. The monoisotopic (exact) mass is 440 g/mol. The largest absolute Gasteiger partial charge is 0.466 e. The summed E-state index contributed by atoms with van der Waals surface area (Å²) in [5, 5.41) is 17.3. The number of guanidine groups is 1. The van der Waals surface area contributed by atoms with E-state index in [0.717, 1.165) is 16.9 Å². The number of aliphatic hydroxyl groups is 1. The van der Waals surface area contributed by atoms with E-state index in [0.29, 0.717) is 36.4 Å². The Bertz CT molecular complexity index is 1060. The first-order valence-corrected chi connectivity index (χ1v) is 10.5. The van der Waals surface area contributed by atoms with Gasteiger partial charge in [-0.25, -0.2) is 14.4 Å². The molecular formula is C24H29FN4O3. The smallest absolute Gasteiger partial charge is 0.219 e. The number of pyridine rings is 1. The van der Waals surface area contributed by atoms with Gasteiger partial charge >= 0.3 is 0 Å². The van der Waals surface area contributed by atoms with Crippen molar-refractivity contribution >= 4 is 5.96 Å². The quantitative estimate of drug-likeness (QED) is 0.359. The zero-order chi connectivity index (χ0) is 23.1. The Kier molecular flexibility index (Phi) is 7.48. The molecule has 7 nitrogen and oxygen atoms in total. The number of aliphatic imine (C=N–C) groups is 1. The Hall–Kier alpha value is -3.39. The van der Waals surface area contributed by atoms with Crippen molar-refractivity contribution in [1.29, 1.82) is 0 Å². The van der Waals surface area contributed by atoms with Crippen LogP contribution >= 0.6 is 0 Å². The minimum absolute atomic E-state index is 0.261. The van der Waals surface area contributed by atoms with Gasteiger partial charge in [0.05, 0.1) is 13.1 Å². The molecule has 0 fully saturated rings. The summed E-state index contributed by atoms with van der Waals surface area (Å²) in [6, 6.07) is 11.3. The van der Waals surface area contributed by atoms with E-state index in [1.807, 2.05) is 32.9 Å². The fourth-order valence-corrected chi connectivity index (χ4v) is 3.24. The zero-order valence-corrected chi connectivity index (χ0v) is 18.8. The molecule has 8 heteroatoms. The standard InChI is InChI=1S/C24H29FN4O3/c1-5-26-23(29-15-24(4,30)21-11-16(2)31-17(21)3)28-14-18-9-10-22(27-13-18)32-20-8-6-7-19(25)12-20/h6-13,30H,5,14-15H2,1-4H3,(H2,26,28,29). The van der Waals surface area contributed by atoms with E-state index in [1.54, 1.807) is 31.3 Å². The summed E-state index contributed by atoms with van der Waals surface area (Å²) in [5.41, 5.74) is 0.508. The first kappa shape index (κ1) is 23.3. The second-order valence-corrected chi connectivity index (χ2v) is 7.71. The lowest BCUT2D eigenvalue weighted by molar-refractivity contribution is 0.0601. The molecule has 2 heterocycles. The van der Waals surface area contributed by atoms with Crippen LogP contribution in [0.5, 0.6) is 11.6 Å². The minimum Gasteiger partial charge on any atom is -0.466 e. The molecule has 0 saturated carbocycles. The van der Waals surface area contributed by atoms with Crippen molar-refractivity contribution in [2.24, 2.45) is 4.99 Å². The Balaban J connectivity index is 1.61. The van der Waals surface area contributed by atoms with Crippen LogP contribution in [0.25, 0.3) is 0 Å². The highest BCUT2D eigenvalue weighted by Crippen LogP contribution is 2.26. The highest BCUT2D eigenvalue weighted by Gasteiger charge is 2.27. The predicted molar refractivity (Wildman–Crippen MR) is 121 cm³/mol. The molecule has 0 aliphatic heterocycles. The number of nitrogens with zero attached hydrogens (tertiary/aromatic N) is 2. The number of halogens is 1. The van der Waals surface area contributed by atoms with Crippen molar-refractivity contribution in [3.63, 3.8) is 0 Å². The number of ether oxygens (including phenoxy) is 1. The van der Waals surface area contributed by atoms with E-state index in [-0.39, 0.29) is 12.4 Å². The molecule has 0 amide bonds. The van der Waals surface area contributed by atoms with Crippen LogP contribution < -0.4 is 15.4 Å². The number of rotatable bonds is 8. The second-order valence-electron chi connectivity index (χ2n) is 7.71. The van der Waals surface area contributed by atoms with Crippen molar-refractivity contribution in [2.75, 3.05) is 13.1 Å². The summed E-state index contributed by atoms with van der Waals surface area (Å²) in [7, 11) is 0. The lowest BCUT2D eigenvalue weighted by Gasteiger charge is -2.24. The number of nitrogens with one attached hydrogen (secondary N) is 2. The third-order valence-electron chi connectivity index (χ3n) is 4.80. The number of furan rings is 1. The molecule has 170 valence electrons.